The van der Waals surface area contributed by atoms with Gasteiger partial charge >= 0.3 is 0 Å². The smallest absolute Gasteiger partial charge is 0.187 e. The molecule has 0 saturated carbocycles. The van der Waals surface area contributed by atoms with Gasteiger partial charge in [-0.3, -0.25) is 0 Å². The van der Waals surface area contributed by atoms with Crippen molar-refractivity contribution in [3.05, 3.63) is 12.3 Å². The monoisotopic (exact) mass is 532 g/mol. The van der Waals surface area contributed by atoms with Gasteiger partial charge in [-0.05, 0) is 31.8 Å². The number of hydrogen-bond acceptors (Lipinski definition) is 9. The fourth-order valence-corrected chi connectivity index (χ4v) is 4.18. The van der Waals surface area contributed by atoms with Crippen molar-refractivity contribution < 1.29 is 43.4 Å². The van der Waals surface area contributed by atoms with E-state index in [0.717, 1.165) is 51.4 Å². The zero-order valence-corrected chi connectivity index (χ0v) is 23.4. The molecule has 0 spiro atoms. The van der Waals surface area contributed by atoms with Crippen LogP contribution in [0.15, 0.2) is 12.3 Å². The van der Waals surface area contributed by atoms with Crippen molar-refractivity contribution in [3.8, 4) is 0 Å². The second-order valence-corrected chi connectivity index (χ2v) is 9.86. The molecule has 2 aliphatic rings. The molecule has 0 radical (unpaired) electrons. The van der Waals surface area contributed by atoms with E-state index < -0.39 is 42.9 Å². The normalized spacial score (nSPS) is 31.9. The van der Waals surface area contributed by atoms with E-state index in [9.17, 15) is 10.2 Å². The summed E-state index contributed by atoms with van der Waals surface area (Å²) in [5.41, 5.74) is 0. The summed E-state index contributed by atoms with van der Waals surface area (Å²) in [6.07, 6.45) is 4.90. The molecule has 8 atom stereocenters. The summed E-state index contributed by atoms with van der Waals surface area (Å²) in [7, 11) is 0. The van der Waals surface area contributed by atoms with Crippen molar-refractivity contribution in [2.45, 2.75) is 128 Å². The van der Waals surface area contributed by atoms with Gasteiger partial charge in [0, 0.05) is 26.4 Å². The Morgan fingerprint density at radius 2 is 1.24 bits per heavy atom. The van der Waals surface area contributed by atoms with Crippen LogP contribution < -0.4 is 0 Å². The number of rotatable bonds is 20. The van der Waals surface area contributed by atoms with Crippen molar-refractivity contribution in [2.75, 3.05) is 39.6 Å². The van der Waals surface area contributed by atoms with E-state index >= 15 is 0 Å². The third kappa shape index (κ3) is 11.1. The van der Waals surface area contributed by atoms with Gasteiger partial charge in [-0.2, -0.15) is 0 Å². The lowest BCUT2D eigenvalue weighted by atomic mass is 9.98. The molecule has 0 aromatic heterocycles. The Morgan fingerprint density at radius 3 is 1.86 bits per heavy atom. The van der Waals surface area contributed by atoms with Gasteiger partial charge in [0.05, 0.1) is 19.5 Å². The molecule has 0 aromatic carbocycles. The molecule has 0 amide bonds. The summed E-state index contributed by atoms with van der Waals surface area (Å²) in [6, 6.07) is 0. The summed E-state index contributed by atoms with van der Waals surface area (Å²) in [5, 5.41) is 21.8. The minimum atomic E-state index is -1.19. The summed E-state index contributed by atoms with van der Waals surface area (Å²) < 4.78 is 42.4. The second-order valence-electron chi connectivity index (χ2n) is 9.86. The van der Waals surface area contributed by atoms with E-state index in [1.54, 1.807) is 6.26 Å². The molecule has 2 N–H and O–H groups in total. The van der Waals surface area contributed by atoms with Crippen molar-refractivity contribution >= 4 is 0 Å². The quantitative estimate of drug-likeness (QED) is 0.227. The van der Waals surface area contributed by atoms with Crippen molar-refractivity contribution in [1.82, 2.24) is 0 Å². The maximum Gasteiger partial charge on any atom is 0.187 e. The fourth-order valence-electron chi connectivity index (χ4n) is 4.18. The third-order valence-corrected chi connectivity index (χ3v) is 6.61. The van der Waals surface area contributed by atoms with Gasteiger partial charge in [0.2, 0.25) is 0 Å². The minimum Gasteiger partial charge on any atom is -0.493 e. The number of hydrogen-bond donors (Lipinski definition) is 2. The topological polar surface area (TPSA) is 105 Å². The maximum absolute atomic E-state index is 11.0. The van der Waals surface area contributed by atoms with Crippen LogP contribution in [0.5, 0.6) is 0 Å². The highest BCUT2D eigenvalue weighted by atomic mass is 16.7. The first-order valence-electron chi connectivity index (χ1n) is 14.4. The van der Waals surface area contributed by atoms with Gasteiger partial charge < -0.3 is 43.4 Å². The molecular weight excluding hydrogens is 480 g/mol. The number of aliphatic hydroxyl groups excluding tert-OH is 2. The Labute approximate surface area is 223 Å². The maximum atomic E-state index is 11.0. The Kier molecular flexibility index (Phi) is 16.9. The van der Waals surface area contributed by atoms with Crippen LogP contribution in [-0.4, -0.2) is 98.9 Å². The predicted octanol–water partition coefficient (Wildman–Crippen LogP) is 3.73. The Morgan fingerprint density at radius 1 is 0.676 bits per heavy atom. The molecule has 2 rings (SSSR count). The predicted molar refractivity (Wildman–Crippen MR) is 140 cm³/mol. The van der Waals surface area contributed by atoms with Crippen molar-refractivity contribution in [1.29, 1.82) is 0 Å². The van der Waals surface area contributed by atoms with E-state index in [2.05, 4.69) is 27.7 Å². The Bertz CT molecular complexity index is 588. The van der Waals surface area contributed by atoms with Crippen LogP contribution in [0.4, 0.5) is 0 Å². The molecule has 0 bridgehead atoms. The average molecular weight is 533 g/mol. The Hall–Kier alpha value is -0.780. The van der Waals surface area contributed by atoms with Gasteiger partial charge in [0.25, 0.3) is 0 Å². The molecule has 0 aliphatic carbocycles. The molecule has 218 valence electrons. The van der Waals surface area contributed by atoms with E-state index in [-0.39, 0.29) is 12.7 Å². The zero-order chi connectivity index (χ0) is 26.9. The largest absolute Gasteiger partial charge is 0.493 e. The summed E-state index contributed by atoms with van der Waals surface area (Å²) in [6.45, 7) is 11.1. The van der Waals surface area contributed by atoms with Crippen LogP contribution in [0.25, 0.3) is 0 Å². The SMILES string of the molecule is CCCCOCC1O[C@@H](O[C@H]2C(OCCCC)C=COC2COCCCC)C(OCCCC)C(O)[C@H]1O. The molecule has 5 unspecified atom stereocenters. The van der Waals surface area contributed by atoms with Gasteiger partial charge in [0.15, 0.2) is 12.4 Å². The lowest BCUT2D eigenvalue weighted by Gasteiger charge is -2.45. The zero-order valence-electron chi connectivity index (χ0n) is 23.4. The average Bonchev–Trinajstić information content (AvgIpc) is 2.90. The van der Waals surface area contributed by atoms with Crippen LogP contribution in [0, 0.1) is 0 Å². The number of unbranched alkanes of at least 4 members (excludes halogenated alkanes) is 4. The first-order chi connectivity index (χ1) is 18.1. The van der Waals surface area contributed by atoms with E-state index in [1.807, 2.05) is 6.08 Å². The molecule has 0 aromatic rings. The lowest BCUT2D eigenvalue weighted by Crippen LogP contribution is -2.62. The van der Waals surface area contributed by atoms with E-state index in [4.69, 9.17) is 33.2 Å². The number of aliphatic hydroxyl groups is 2. The second kappa shape index (κ2) is 19.3. The third-order valence-electron chi connectivity index (χ3n) is 6.61. The van der Waals surface area contributed by atoms with Crippen LogP contribution in [-0.2, 0) is 33.2 Å². The first kappa shape index (κ1) is 32.4. The van der Waals surface area contributed by atoms with Crippen LogP contribution >= 0.6 is 0 Å². The van der Waals surface area contributed by atoms with E-state index in [1.165, 1.54) is 0 Å². The molecule has 1 saturated heterocycles. The van der Waals surface area contributed by atoms with Gasteiger partial charge in [0.1, 0.15) is 36.6 Å². The van der Waals surface area contributed by atoms with Crippen LogP contribution in [0.2, 0.25) is 0 Å². The molecule has 2 heterocycles. The Balaban J connectivity index is 2.18. The van der Waals surface area contributed by atoms with E-state index in [0.29, 0.717) is 33.0 Å². The summed E-state index contributed by atoms with van der Waals surface area (Å²) in [5.74, 6) is 0. The standard InChI is InChI=1S/C28H52O9/c1-5-9-14-31-19-22-24(29)25(30)27(35-17-12-8-4)28(36-22)37-26-21(33-16-11-7-3)13-18-34-23(26)20-32-15-10-6-2/h13,18,21-30H,5-12,14-17,19-20H2,1-4H3/t21?,22?,23?,24-,25?,26-,27?,28-/m0/s1. The van der Waals surface area contributed by atoms with Gasteiger partial charge in [-0.25, -0.2) is 0 Å². The molecule has 1 fully saturated rings. The molecular formula is C28H52O9. The highest BCUT2D eigenvalue weighted by molar-refractivity contribution is 5.00. The van der Waals surface area contributed by atoms with Gasteiger partial charge in [-0.1, -0.05) is 53.4 Å². The fraction of sp³-hybridized carbons (Fsp3) is 0.929. The molecule has 9 nitrogen and oxygen atoms in total. The van der Waals surface area contributed by atoms with Crippen LogP contribution in [0.3, 0.4) is 0 Å². The molecule has 2 aliphatic heterocycles. The number of ether oxygens (including phenoxy) is 7. The van der Waals surface area contributed by atoms with Crippen LogP contribution in [0.1, 0.15) is 79.1 Å². The molecule has 9 heteroatoms. The summed E-state index contributed by atoms with van der Waals surface area (Å²) in [4.78, 5) is 0. The minimum absolute atomic E-state index is 0.154. The molecule has 37 heavy (non-hydrogen) atoms. The van der Waals surface area contributed by atoms with Crippen molar-refractivity contribution in [2.24, 2.45) is 0 Å². The van der Waals surface area contributed by atoms with Crippen molar-refractivity contribution in [3.63, 3.8) is 0 Å². The summed E-state index contributed by atoms with van der Waals surface area (Å²) >= 11 is 0. The highest BCUT2D eigenvalue weighted by Gasteiger charge is 2.48. The lowest BCUT2D eigenvalue weighted by molar-refractivity contribution is -0.334. The van der Waals surface area contributed by atoms with Gasteiger partial charge in [-0.15, -0.1) is 0 Å². The first-order valence-corrected chi connectivity index (χ1v) is 14.4. The highest BCUT2D eigenvalue weighted by Crippen LogP contribution is 2.30.